The number of hydrogen-bond acceptors (Lipinski definition) is 8. The number of ether oxygens (including phenoxy) is 2. The molecule has 0 unspecified atom stereocenters. The zero-order valence-corrected chi connectivity index (χ0v) is 23.4. The summed E-state index contributed by atoms with van der Waals surface area (Å²) in [4.78, 5) is 25.7. The maximum Gasteiger partial charge on any atom is 0.306 e. The quantitative estimate of drug-likeness (QED) is 0.0905. The molecular formula is C33H36O8. The van der Waals surface area contributed by atoms with Gasteiger partial charge in [-0.3, -0.25) is 9.59 Å². The molecule has 0 saturated carbocycles. The van der Waals surface area contributed by atoms with Gasteiger partial charge in [0.05, 0.1) is 20.1 Å². The first kappa shape index (κ1) is 29.5. The van der Waals surface area contributed by atoms with Gasteiger partial charge in [0.15, 0.2) is 16.9 Å². The van der Waals surface area contributed by atoms with Crippen molar-refractivity contribution in [3.8, 4) is 34.3 Å². The van der Waals surface area contributed by atoms with Crippen molar-refractivity contribution in [1.29, 1.82) is 0 Å². The summed E-state index contributed by atoms with van der Waals surface area (Å²) < 4.78 is 16.9. The predicted molar refractivity (Wildman–Crippen MR) is 157 cm³/mol. The molecule has 3 N–H and O–H groups in total. The molecule has 0 spiro atoms. The molecule has 1 aromatic heterocycles. The van der Waals surface area contributed by atoms with Crippen LogP contribution in [0, 0.1) is 0 Å². The third-order valence-electron chi connectivity index (χ3n) is 7.19. The lowest BCUT2D eigenvalue weighted by Crippen LogP contribution is -2.12. The van der Waals surface area contributed by atoms with Crippen LogP contribution >= 0.6 is 0 Å². The largest absolute Gasteiger partial charge is 0.504 e. The third kappa shape index (κ3) is 6.82. The number of fused-ring (bicyclic) bond motifs is 1. The molecule has 0 bridgehead atoms. The van der Waals surface area contributed by atoms with Gasteiger partial charge in [-0.1, -0.05) is 81.5 Å². The first-order valence-electron chi connectivity index (χ1n) is 13.9. The Hall–Kier alpha value is -4.46. The first-order chi connectivity index (χ1) is 19.8. The SMILES string of the molecule is CCCCCCCCOc1ccc([C@H](CC(=O)OC)c2c(O)c(O)c(O)c3c(=O)cc(-c4ccccc4)oc23)cc1. The lowest BCUT2D eigenvalue weighted by Gasteiger charge is -2.21. The molecule has 0 aliphatic carbocycles. The molecule has 0 aliphatic rings. The number of unbranched alkanes of at least 4 members (excludes halogenated alkanes) is 5. The van der Waals surface area contributed by atoms with Crippen LogP contribution in [0.1, 0.15) is 68.9 Å². The minimum Gasteiger partial charge on any atom is -0.504 e. The Balaban J connectivity index is 1.74. The number of phenols is 3. The molecule has 8 nitrogen and oxygen atoms in total. The molecule has 41 heavy (non-hydrogen) atoms. The molecule has 0 amide bonds. The highest BCUT2D eigenvalue weighted by atomic mass is 16.5. The van der Waals surface area contributed by atoms with Crippen molar-refractivity contribution in [3.05, 3.63) is 82.0 Å². The highest BCUT2D eigenvalue weighted by Gasteiger charge is 2.31. The summed E-state index contributed by atoms with van der Waals surface area (Å²) >= 11 is 0. The molecule has 0 aliphatic heterocycles. The summed E-state index contributed by atoms with van der Waals surface area (Å²) in [6.07, 6.45) is 6.68. The zero-order valence-electron chi connectivity index (χ0n) is 23.4. The molecule has 4 rings (SSSR count). The van der Waals surface area contributed by atoms with E-state index in [4.69, 9.17) is 13.9 Å². The Morgan fingerprint density at radius 1 is 0.878 bits per heavy atom. The second kappa shape index (κ2) is 13.7. The van der Waals surface area contributed by atoms with Crippen LogP contribution in [0.15, 0.2) is 69.9 Å². The van der Waals surface area contributed by atoms with Gasteiger partial charge in [0.2, 0.25) is 5.75 Å². The predicted octanol–water partition coefficient (Wildman–Crippen LogP) is 7.01. The maximum atomic E-state index is 13.2. The standard InChI is InChI=1S/C33H36O8/c1-3-4-5-6-7-11-18-40-23-16-14-21(15-17-23)24(19-27(35)39-2)28-30(36)32(38)31(37)29-25(34)20-26(41-33(28)29)22-12-9-8-10-13-22/h8-10,12-17,20,24,36-38H,3-7,11,18-19H2,1-2H3/t24-/m0/s1. The van der Waals surface area contributed by atoms with E-state index in [1.54, 1.807) is 48.5 Å². The molecule has 4 aromatic rings. The Morgan fingerprint density at radius 3 is 2.24 bits per heavy atom. The summed E-state index contributed by atoms with van der Waals surface area (Å²) in [5, 5.41) is 32.0. The fraction of sp³-hybridized carbons (Fsp3) is 0.333. The van der Waals surface area contributed by atoms with Gasteiger partial charge in [-0.05, 0) is 24.1 Å². The number of hydrogen-bond donors (Lipinski definition) is 3. The minimum absolute atomic E-state index is 0.0173. The summed E-state index contributed by atoms with van der Waals surface area (Å²) in [7, 11) is 1.25. The van der Waals surface area contributed by atoms with E-state index in [1.165, 1.54) is 38.9 Å². The minimum atomic E-state index is -0.891. The molecule has 0 saturated heterocycles. The lowest BCUT2D eigenvalue weighted by atomic mass is 9.86. The molecule has 0 fully saturated rings. The average Bonchev–Trinajstić information content (AvgIpc) is 2.99. The van der Waals surface area contributed by atoms with Gasteiger partial charge in [0.25, 0.3) is 0 Å². The van der Waals surface area contributed by atoms with Gasteiger partial charge in [0.1, 0.15) is 22.5 Å². The molecule has 216 valence electrons. The number of rotatable bonds is 13. The average molecular weight is 561 g/mol. The van der Waals surface area contributed by atoms with Crippen molar-refractivity contribution in [2.24, 2.45) is 0 Å². The van der Waals surface area contributed by atoms with Crippen molar-refractivity contribution < 1.29 is 34.0 Å². The lowest BCUT2D eigenvalue weighted by molar-refractivity contribution is -0.140. The molecule has 0 radical (unpaired) electrons. The van der Waals surface area contributed by atoms with Crippen LogP contribution in [0.3, 0.4) is 0 Å². The molecule has 3 aromatic carbocycles. The number of esters is 1. The van der Waals surface area contributed by atoms with Crippen molar-refractivity contribution in [2.75, 3.05) is 13.7 Å². The highest BCUT2D eigenvalue weighted by molar-refractivity contribution is 5.93. The fourth-order valence-electron chi connectivity index (χ4n) is 4.95. The van der Waals surface area contributed by atoms with Crippen LogP contribution in [0.25, 0.3) is 22.3 Å². The van der Waals surface area contributed by atoms with E-state index < -0.39 is 34.6 Å². The Morgan fingerprint density at radius 2 is 1.56 bits per heavy atom. The van der Waals surface area contributed by atoms with Gasteiger partial charge >= 0.3 is 5.97 Å². The summed E-state index contributed by atoms with van der Waals surface area (Å²) in [6.45, 7) is 2.77. The van der Waals surface area contributed by atoms with Crippen LogP contribution < -0.4 is 10.2 Å². The van der Waals surface area contributed by atoms with Crippen molar-refractivity contribution in [2.45, 2.75) is 57.8 Å². The smallest absolute Gasteiger partial charge is 0.306 e. The molecule has 1 atom stereocenters. The van der Waals surface area contributed by atoms with E-state index in [0.717, 1.165) is 12.8 Å². The van der Waals surface area contributed by atoms with Crippen LogP contribution in [-0.4, -0.2) is 35.0 Å². The normalized spacial score (nSPS) is 11.9. The van der Waals surface area contributed by atoms with Crippen LogP contribution in [0.2, 0.25) is 0 Å². The highest BCUT2D eigenvalue weighted by Crippen LogP contribution is 2.49. The fourth-order valence-corrected chi connectivity index (χ4v) is 4.95. The van der Waals surface area contributed by atoms with Crippen molar-refractivity contribution in [1.82, 2.24) is 0 Å². The summed E-state index contributed by atoms with van der Waals surface area (Å²) in [5.74, 6) is -2.99. The second-order valence-electron chi connectivity index (χ2n) is 10.0. The Bertz CT molecular complexity index is 1520. The van der Waals surface area contributed by atoms with E-state index in [1.807, 2.05) is 6.07 Å². The van der Waals surface area contributed by atoms with E-state index in [9.17, 15) is 24.9 Å². The second-order valence-corrected chi connectivity index (χ2v) is 10.0. The molecule has 8 heteroatoms. The number of benzene rings is 3. The monoisotopic (exact) mass is 560 g/mol. The van der Waals surface area contributed by atoms with Crippen LogP contribution in [-0.2, 0) is 9.53 Å². The van der Waals surface area contributed by atoms with Crippen molar-refractivity contribution in [3.63, 3.8) is 0 Å². The summed E-state index contributed by atoms with van der Waals surface area (Å²) in [5.41, 5.74) is 0.407. The maximum absolute atomic E-state index is 13.2. The van der Waals surface area contributed by atoms with Crippen molar-refractivity contribution >= 4 is 16.9 Å². The van der Waals surface area contributed by atoms with Gasteiger partial charge in [-0.15, -0.1) is 0 Å². The topological polar surface area (TPSA) is 126 Å². The molecule has 1 heterocycles. The van der Waals surface area contributed by atoms with E-state index in [0.29, 0.717) is 23.5 Å². The van der Waals surface area contributed by atoms with Gasteiger partial charge in [0, 0.05) is 23.1 Å². The zero-order chi connectivity index (χ0) is 29.4. The number of carbonyl (C=O) groups excluding carboxylic acids is 1. The number of phenolic OH excluding ortho intramolecular Hbond substituents is 3. The first-order valence-corrected chi connectivity index (χ1v) is 13.9. The molecular weight excluding hydrogens is 524 g/mol. The Kier molecular flexibility index (Phi) is 9.90. The van der Waals surface area contributed by atoms with E-state index >= 15 is 0 Å². The van der Waals surface area contributed by atoms with E-state index in [-0.39, 0.29) is 28.7 Å². The summed E-state index contributed by atoms with van der Waals surface area (Å²) in [6, 6.07) is 17.1. The Labute approximate surface area is 238 Å². The third-order valence-corrected chi connectivity index (χ3v) is 7.19. The van der Waals surface area contributed by atoms with Crippen LogP contribution in [0.5, 0.6) is 23.0 Å². The van der Waals surface area contributed by atoms with Gasteiger partial charge in [-0.25, -0.2) is 0 Å². The number of methoxy groups -OCH3 is 1. The van der Waals surface area contributed by atoms with Gasteiger partial charge < -0.3 is 29.2 Å². The van der Waals surface area contributed by atoms with Gasteiger partial charge in [-0.2, -0.15) is 0 Å². The number of aromatic hydroxyl groups is 3. The number of carbonyl (C=O) groups is 1. The van der Waals surface area contributed by atoms with E-state index in [2.05, 4.69) is 6.92 Å². The van der Waals surface area contributed by atoms with Crippen LogP contribution in [0.4, 0.5) is 0 Å².